The van der Waals surface area contributed by atoms with Crippen molar-refractivity contribution in [2.75, 3.05) is 19.6 Å². The third-order valence-corrected chi connectivity index (χ3v) is 7.47. The lowest BCUT2D eigenvalue weighted by atomic mass is 10.0. The fourth-order valence-electron chi connectivity index (χ4n) is 4.20. The number of fused-ring (bicyclic) bond motifs is 1. The first-order valence-corrected chi connectivity index (χ1v) is 12.3. The van der Waals surface area contributed by atoms with Crippen LogP contribution in [0.3, 0.4) is 0 Å². The highest BCUT2D eigenvalue weighted by atomic mass is 32.2. The van der Waals surface area contributed by atoms with Crippen LogP contribution in [-0.4, -0.2) is 66.9 Å². The molecule has 1 aromatic carbocycles. The van der Waals surface area contributed by atoms with Gasteiger partial charge in [0.15, 0.2) is 0 Å². The van der Waals surface area contributed by atoms with Crippen molar-refractivity contribution in [3.8, 4) is 11.8 Å². The van der Waals surface area contributed by atoms with E-state index in [4.69, 9.17) is 0 Å². The first-order valence-electron chi connectivity index (χ1n) is 10.9. The monoisotopic (exact) mass is 472 g/mol. The molecule has 3 aliphatic heterocycles. The van der Waals surface area contributed by atoms with E-state index in [9.17, 15) is 27.6 Å². The quantitative estimate of drug-likeness (QED) is 0.474. The van der Waals surface area contributed by atoms with E-state index in [1.165, 1.54) is 16.4 Å². The van der Waals surface area contributed by atoms with E-state index in [0.717, 1.165) is 30.6 Å². The molecular formula is C22H24N4O6S. The fourth-order valence-corrected chi connectivity index (χ4v) is 5.37. The van der Waals surface area contributed by atoms with Gasteiger partial charge in [0, 0.05) is 25.1 Å². The topological polar surface area (TPSA) is 133 Å². The first kappa shape index (κ1) is 23.1. The van der Waals surface area contributed by atoms with Gasteiger partial charge in [0.2, 0.25) is 11.8 Å². The number of nitrogens with zero attached hydrogens (tertiary/aromatic N) is 2. The first-order chi connectivity index (χ1) is 15.8. The van der Waals surface area contributed by atoms with Crippen molar-refractivity contribution in [3.05, 3.63) is 34.9 Å². The minimum Gasteiger partial charge on any atom is -0.295 e. The molecule has 174 valence electrons. The minimum atomic E-state index is -3.60. The Hall–Kier alpha value is -3.07. The Labute approximate surface area is 191 Å². The maximum atomic E-state index is 12.8. The molecule has 2 N–H and O–H groups in total. The lowest BCUT2D eigenvalue weighted by Gasteiger charge is -2.27. The van der Waals surface area contributed by atoms with Gasteiger partial charge in [-0.25, -0.2) is 0 Å². The van der Waals surface area contributed by atoms with E-state index >= 15 is 0 Å². The molecule has 0 aromatic heterocycles. The summed E-state index contributed by atoms with van der Waals surface area (Å²) in [4.78, 5) is 49.9. The zero-order valence-corrected chi connectivity index (χ0v) is 18.7. The van der Waals surface area contributed by atoms with E-state index in [0.29, 0.717) is 18.7 Å². The number of rotatable bonds is 4. The second kappa shape index (κ2) is 9.43. The maximum absolute atomic E-state index is 12.8. The molecule has 0 saturated carbocycles. The van der Waals surface area contributed by atoms with Crippen LogP contribution in [0.1, 0.15) is 64.8 Å². The van der Waals surface area contributed by atoms with Crippen LogP contribution in [-0.2, 0) is 19.8 Å². The summed E-state index contributed by atoms with van der Waals surface area (Å²) in [5.74, 6) is 3.24. The van der Waals surface area contributed by atoms with Crippen molar-refractivity contribution in [3.63, 3.8) is 0 Å². The molecule has 1 atom stereocenters. The zero-order valence-electron chi connectivity index (χ0n) is 17.9. The number of piperidine rings is 1. The molecule has 10 nitrogen and oxygen atoms in total. The molecule has 4 rings (SSSR count). The van der Waals surface area contributed by atoms with Gasteiger partial charge in [0.25, 0.3) is 22.0 Å². The number of benzene rings is 1. The van der Waals surface area contributed by atoms with Crippen molar-refractivity contribution in [1.29, 1.82) is 0 Å². The molecule has 2 saturated heterocycles. The number of hydrogen-bond donors (Lipinski definition) is 2. The number of hydrogen-bond acceptors (Lipinski definition) is 6. The van der Waals surface area contributed by atoms with Crippen LogP contribution >= 0.6 is 0 Å². The molecule has 3 heterocycles. The smallest absolute Gasteiger partial charge is 0.280 e. The largest absolute Gasteiger partial charge is 0.295 e. The SMILES string of the molecule is O=C1CCC(N2C(=O)c3ccc(C#CCNS(=O)(=O)N4CCCCCC4)cc3C2=O)C(=O)N1. The lowest BCUT2D eigenvalue weighted by Crippen LogP contribution is -2.54. The van der Waals surface area contributed by atoms with Crippen LogP contribution < -0.4 is 10.0 Å². The van der Waals surface area contributed by atoms with Crippen LogP contribution in [0.4, 0.5) is 0 Å². The highest BCUT2D eigenvalue weighted by Gasteiger charge is 2.44. The van der Waals surface area contributed by atoms with Crippen molar-refractivity contribution >= 4 is 33.8 Å². The average molecular weight is 473 g/mol. The molecule has 0 spiro atoms. The van der Waals surface area contributed by atoms with Gasteiger partial charge in [0.1, 0.15) is 6.04 Å². The number of nitrogens with one attached hydrogen (secondary N) is 2. The average Bonchev–Trinajstić information content (AvgIpc) is 2.97. The number of imide groups is 2. The Balaban J connectivity index is 1.43. The summed E-state index contributed by atoms with van der Waals surface area (Å²) < 4.78 is 28.8. The minimum absolute atomic E-state index is 0.0495. The predicted molar refractivity (Wildman–Crippen MR) is 117 cm³/mol. The van der Waals surface area contributed by atoms with Crippen LogP contribution in [0.5, 0.6) is 0 Å². The Morgan fingerprint density at radius 1 is 1.00 bits per heavy atom. The summed E-state index contributed by atoms with van der Waals surface area (Å²) in [6, 6.07) is 3.46. The van der Waals surface area contributed by atoms with Gasteiger partial charge in [-0.15, -0.1) is 0 Å². The van der Waals surface area contributed by atoms with E-state index < -0.39 is 39.9 Å². The molecule has 0 radical (unpaired) electrons. The van der Waals surface area contributed by atoms with E-state index in [-0.39, 0.29) is 30.5 Å². The number of amides is 4. The van der Waals surface area contributed by atoms with Crippen molar-refractivity contribution in [2.45, 2.75) is 44.6 Å². The third-order valence-electron chi connectivity index (χ3n) is 5.92. The summed E-state index contributed by atoms with van der Waals surface area (Å²) in [6.07, 6.45) is 3.85. The van der Waals surface area contributed by atoms with E-state index in [1.807, 2.05) is 0 Å². The van der Waals surface area contributed by atoms with Crippen molar-refractivity contribution in [1.82, 2.24) is 19.2 Å². The highest BCUT2D eigenvalue weighted by molar-refractivity contribution is 7.87. The summed E-state index contributed by atoms with van der Waals surface area (Å²) in [7, 11) is -3.60. The molecule has 33 heavy (non-hydrogen) atoms. The standard InChI is InChI=1S/C22H24N4O6S/c27-19-10-9-18(20(28)24-19)26-21(29)16-8-7-15(14-17(16)22(26)30)6-5-11-23-33(31,32)25-12-3-1-2-4-13-25/h7-8,14,18,23H,1-4,9-13H2,(H,24,27,28). The summed E-state index contributed by atoms with van der Waals surface area (Å²) in [6.45, 7) is 0.895. The molecular weight excluding hydrogens is 448 g/mol. The van der Waals surface area contributed by atoms with Crippen LogP contribution in [0.25, 0.3) is 0 Å². The number of carbonyl (C=O) groups is 4. The molecule has 3 aliphatic rings. The van der Waals surface area contributed by atoms with E-state index in [2.05, 4.69) is 21.9 Å². The van der Waals surface area contributed by atoms with Gasteiger partial charge in [-0.3, -0.25) is 29.4 Å². The van der Waals surface area contributed by atoms with Crippen molar-refractivity contribution < 1.29 is 27.6 Å². The van der Waals surface area contributed by atoms with Gasteiger partial charge >= 0.3 is 0 Å². The molecule has 4 amide bonds. The summed E-state index contributed by atoms with van der Waals surface area (Å²) in [5.41, 5.74) is 0.729. The molecule has 11 heteroatoms. The Morgan fingerprint density at radius 2 is 1.70 bits per heavy atom. The van der Waals surface area contributed by atoms with Gasteiger partial charge < -0.3 is 0 Å². The van der Waals surface area contributed by atoms with Crippen molar-refractivity contribution in [2.24, 2.45) is 0 Å². The Kier molecular flexibility index (Phi) is 6.60. The molecule has 1 unspecified atom stereocenters. The third kappa shape index (κ3) is 4.83. The second-order valence-corrected chi connectivity index (χ2v) is 9.90. The predicted octanol–water partition coefficient (Wildman–Crippen LogP) is 0.150. The van der Waals surface area contributed by atoms with Crippen LogP contribution in [0.15, 0.2) is 18.2 Å². The molecule has 2 fully saturated rings. The number of carbonyl (C=O) groups excluding carboxylic acids is 4. The van der Waals surface area contributed by atoms with Gasteiger partial charge in [-0.05, 0) is 37.5 Å². The summed E-state index contributed by atoms with van der Waals surface area (Å²) in [5, 5.41) is 2.15. The molecule has 0 aliphatic carbocycles. The Bertz CT molecular complexity index is 1180. The van der Waals surface area contributed by atoms with Gasteiger partial charge in [-0.1, -0.05) is 24.7 Å². The van der Waals surface area contributed by atoms with Gasteiger partial charge in [-0.2, -0.15) is 17.4 Å². The lowest BCUT2D eigenvalue weighted by molar-refractivity contribution is -0.136. The maximum Gasteiger partial charge on any atom is 0.280 e. The fraction of sp³-hybridized carbons (Fsp3) is 0.455. The van der Waals surface area contributed by atoms with Crippen LogP contribution in [0.2, 0.25) is 0 Å². The zero-order chi connectivity index (χ0) is 23.6. The highest BCUT2D eigenvalue weighted by Crippen LogP contribution is 2.28. The molecule has 0 bridgehead atoms. The molecule has 1 aromatic rings. The second-order valence-electron chi connectivity index (χ2n) is 8.15. The summed E-state index contributed by atoms with van der Waals surface area (Å²) >= 11 is 0. The van der Waals surface area contributed by atoms with Gasteiger partial charge in [0.05, 0.1) is 17.7 Å². The Morgan fingerprint density at radius 3 is 2.39 bits per heavy atom. The van der Waals surface area contributed by atoms with E-state index in [1.54, 1.807) is 6.07 Å². The van der Waals surface area contributed by atoms with Crippen LogP contribution in [0, 0.1) is 11.8 Å². The normalized spacial score (nSPS) is 21.8.